The zero-order valence-corrected chi connectivity index (χ0v) is 18.1. The molecule has 0 saturated heterocycles. The van der Waals surface area contributed by atoms with Crippen LogP contribution in [0.25, 0.3) is 17.1 Å². The molecule has 0 aliphatic carbocycles. The minimum atomic E-state index is -0.282. The van der Waals surface area contributed by atoms with Crippen molar-refractivity contribution in [1.82, 2.24) is 25.1 Å². The number of thioether (sulfide) groups is 1. The van der Waals surface area contributed by atoms with Crippen LogP contribution in [0.4, 0.5) is 0 Å². The Morgan fingerprint density at radius 3 is 2.62 bits per heavy atom. The van der Waals surface area contributed by atoms with Gasteiger partial charge in [0.1, 0.15) is 0 Å². The van der Waals surface area contributed by atoms with Crippen molar-refractivity contribution in [2.45, 2.75) is 44.5 Å². The molecule has 1 unspecified atom stereocenters. The molecular formula is C22H27N5OS. The summed E-state index contributed by atoms with van der Waals surface area (Å²) in [5, 5.41) is 12.3. The molecule has 1 amide bonds. The van der Waals surface area contributed by atoms with Crippen LogP contribution in [0.1, 0.15) is 32.8 Å². The Kier molecular flexibility index (Phi) is 7.04. The number of hydrogen-bond acceptors (Lipinski definition) is 5. The van der Waals surface area contributed by atoms with E-state index in [1.165, 1.54) is 11.8 Å². The second-order valence-electron chi connectivity index (χ2n) is 7.40. The van der Waals surface area contributed by atoms with Crippen LogP contribution in [0.2, 0.25) is 0 Å². The summed E-state index contributed by atoms with van der Waals surface area (Å²) >= 11 is 1.41. The number of nitrogens with one attached hydrogen (secondary N) is 1. The number of rotatable bonds is 8. The molecule has 6 nitrogen and oxygen atoms in total. The summed E-state index contributed by atoms with van der Waals surface area (Å²) in [6.45, 7) is 8.94. The monoisotopic (exact) mass is 409 g/mol. The SMILES string of the molecule is Cc1ccccc1-n1c(SC(C)C(=O)NCCC(C)C)nnc1-c1cccnc1. The van der Waals surface area contributed by atoms with E-state index in [9.17, 15) is 4.79 Å². The average molecular weight is 410 g/mol. The Balaban J connectivity index is 1.90. The summed E-state index contributed by atoms with van der Waals surface area (Å²) in [4.78, 5) is 16.7. The minimum absolute atomic E-state index is 0.0120. The van der Waals surface area contributed by atoms with Crippen molar-refractivity contribution in [1.29, 1.82) is 0 Å². The van der Waals surface area contributed by atoms with Gasteiger partial charge in [-0.15, -0.1) is 10.2 Å². The highest BCUT2D eigenvalue weighted by Crippen LogP contribution is 2.31. The van der Waals surface area contributed by atoms with Gasteiger partial charge in [-0.3, -0.25) is 14.3 Å². The molecule has 0 aliphatic rings. The molecule has 0 aliphatic heterocycles. The van der Waals surface area contributed by atoms with Crippen LogP contribution in [0.5, 0.6) is 0 Å². The highest BCUT2D eigenvalue weighted by Gasteiger charge is 2.22. The summed E-state index contributed by atoms with van der Waals surface area (Å²) in [7, 11) is 0. The largest absolute Gasteiger partial charge is 0.355 e. The quantitative estimate of drug-likeness (QED) is 0.562. The van der Waals surface area contributed by atoms with Crippen molar-refractivity contribution in [3.63, 3.8) is 0 Å². The zero-order chi connectivity index (χ0) is 20.8. The van der Waals surface area contributed by atoms with Crippen LogP contribution in [0.3, 0.4) is 0 Å². The van der Waals surface area contributed by atoms with E-state index in [4.69, 9.17) is 0 Å². The summed E-state index contributed by atoms with van der Waals surface area (Å²) in [5.74, 6) is 1.28. The predicted molar refractivity (Wildman–Crippen MR) is 117 cm³/mol. The number of pyridine rings is 1. The summed E-state index contributed by atoms with van der Waals surface area (Å²) in [6, 6.07) is 11.9. The highest BCUT2D eigenvalue weighted by atomic mass is 32.2. The first-order valence-corrected chi connectivity index (χ1v) is 10.7. The van der Waals surface area contributed by atoms with Gasteiger partial charge in [0.15, 0.2) is 11.0 Å². The number of aromatic nitrogens is 4. The highest BCUT2D eigenvalue weighted by molar-refractivity contribution is 8.00. The lowest BCUT2D eigenvalue weighted by molar-refractivity contribution is -0.120. The number of nitrogens with zero attached hydrogens (tertiary/aromatic N) is 4. The second-order valence-corrected chi connectivity index (χ2v) is 8.71. The Labute approximate surface area is 176 Å². The molecule has 0 saturated carbocycles. The van der Waals surface area contributed by atoms with Gasteiger partial charge in [0, 0.05) is 24.5 Å². The second kappa shape index (κ2) is 9.69. The first-order chi connectivity index (χ1) is 14.0. The summed E-state index contributed by atoms with van der Waals surface area (Å²) in [6.07, 6.45) is 4.47. The van der Waals surface area contributed by atoms with Gasteiger partial charge in [0.05, 0.1) is 10.9 Å². The van der Waals surface area contributed by atoms with Crippen LogP contribution in [-0.4, -0.2) is 37.5 Å². The van der Waals surface area contributed by atoms with Crippen molar-refractivity contribution < 1.29 is 4.79 Å². The van der Waals surface area contributed by atoms with E-state index >= 15 is 0 Å². The smallest absolute Gasteiger partial charge is 0.233 e. The number of hydrogen-bond donors (Lipinski definition) is 1. The maximum Gasteiger partial charge on any atom is 0.233 e. The molecule has 2 aromatic heterocycles. The molecule has 1 atom stereocenters. The van der Waals surface area contributed by atoms with Crippen molar-refractivity contribution >= 4 is 17.7 Å². The Bertz CT molecular complexity index is 955. The first kappa shape index (κ1) is 21.0. The van der Waals surface area contributed by atoms with Crippen molar-refractivity contribution in [2.75, 3.05) is 6.54 Å². The van der Waals surface area contributed by atoms with E-state index in [2.05, 4.69) is 47.3 Å². The van der Waals surface area contributed by atoms with E-state index in [1.807, 2.05) is 41.8 Å². The molecule has 29 heavy (non-hydrogen) atoms. The lowest BCUT2D eigenvalue weighted by atomic mass is 10.1. The average Bonchev–Trinajstić information content (AvgIpc) is 3.12. The van der Waals surface area contributed by atoms with Gasteiger partial charge in [0.25, 0.3) is 0 Å². The maximum atomic E-state index is 12.5. The molecule has 7 heteroatoms. The molecule has 0 spiro atoms. The van der Waals surface area contributed by atoms with E-state index in [0.717, 1.165) is 23.2 Å². The Morgan fingerprint density at radius 1 is 1.14 bits per heavy atom. The van der Waals surface area contributed by atoms with Crippen molar-refractivity contribution in [3.05, 3.63) is 54.4 Å². The third kappa shape index (κ3) is 5.23. The standard InChI is InChI=1S/C22H27N5OS/c1-15(2)11-13-24-21(28)17(4)29-22-26-25-20(18-9-7-12-23-14-18)27(22)19-10-6-5-8-16(19)3/h5-10,12,14-15,17H,11,13H2,1-4H3,(H,24,28). The molecular weight excluding hydrogens is 382 g/mol. The number of para-hydroxylation sites is 1. The van der Waals surface area contributed by atoms with E-state index < -0.39 is 0 Å². The predicted octanol–water partition coefficient (Wildman–Crippen LogP) is 4.28. The lowest BCUT2D eigenvalue weighted by Gasteiger charge is -2.15. The van der Waals surface area contributed by atoms with E-state index in [-0.39, 0.29) is 11.2 Å². The number of amides is 1. The topological polar surface area (TPSA) is 72.7 Å². The molecule has 1 aromatic carbocycles. The number of carbonyl (C=O) groups is 1. The fourth-order valence-corrected chi connectivity index (χ4v) is 3.78. The fraction of sp³-hybridized carbons (Fsp3) is 0.364. The van der Waals surface area contributed by atoms with Gasteiger partial charge in [-0.25, -0.2) is 0 Å². The lowest BCUT2D eigenvalue weighted by Crippen LogP contribution is -2.32. The number of aryl methyl sites for hydroxylation is 1. The molecule has 0 bridgehead atoms. The van der Waals surface area contributed by atoms with Gasteiger partial charge in [-0.05, 0) is 49.9 Å². The normalized spacial score (nSPS) is 12.2. The van der Waals surface area contributed by atoms with Crippen LogP contribution >= 0.6 is 11.8 Å². The zero-order valence-electron chi connectivity index (χ0n) is 17.3. The van der Waals surface area contributed by atoms with Gasteiger partial charge >= 0.3 is 0 Å². The Hall–Kier alpha value is -2.67. The van der Waals surface area contributed by atoms with Crippen molar-refractivity contribution in [2.24, 2.45) is 5.92 Å². The number of benzene rings is 1. The molecule has 1 N–H and O–H groups in total. The summed E-state index contributed by atoms with van der Waals surface area (Å²) < 4.78 is 2.01. The van der Waals surface area contributed by atoms with E-state index in [1.54, 1.807) is 12.4 Å². The van der Waals surface area contributed by atoms with Crippen molar-refractivity contribution in [3.8, 4) is 17.1 Å². The third-order valence-corrected chi connectivity index (χ3v) is 5.62. The van der Waals surface area contributed by atoms with Crippen LogP contribution in [0.15, 0.2) is 53.9 Å². The molecule has 0 fully saturated rings. The minimum Gasteiger partial charge on any atom is -0.355 e. The number of carbonyl (C=O) groups excluding carboxylic acids is 1. The van der Waals surface area contributed by atoms with Gasteiger partial charge in [-0.2, -0.15) is 0 Å². The Morgan fingerprint density at radius 2 is 1.93 bits per heavy atom. The third-order valence-electron chi connectivity index (χ3n) is 4.58. The molecule has 152 valence electrons. The van der Waals surface area contributed by atoms with Crippen LogP contribution in [0, 0.1) is 12.8 Å². The fourth-order valence-electron chi connectivity index (χ4n) is 2.90. The maximum absolute atomic E-state index is 12.5. The van der Waals surface area contributed by atoms with Gasteiger partial charge < -0.3 is 5.32 Å². The summed E-state index contributed by atoms with van der Waals surface area (Å²) in [5.41, 5.74) is 2.98. The van der Waals surface area contributed by atoms with Gasteiger partial charge in [0.2, 0.25) is 5.91 Å². The van der Waals surface area contributed by atoms with Crippen LogP contribution in [-0.2, 0) is 4.79 Å². The molecule has 3 aromatic rings. The van der Waals surface area contributed by atoms with E-state index in [0.29, 0.717) is 23.4 Å². The molecule has 2 heterocycles. The first-order valence-electron chi connectivity index (χ1n) is 9.83. The van der Waals surface area contributed by atoms with Gasteiger partial charge in [-0.1, -0.05) is 43.8 Å². The van der Waals surface area contributed by atoms with Crippen LogP contribution < -0.4 is 5.32 Å². The molecule has 3 rings (SSSR count). The molecule has 0 radical (unpaired) electrons.